The minimum Gasteiger partial charge on any atom is -0.354 e. The summed E-state index contributed by atoms with van der Waals surface area (Å²) in [7, 11) is -4.16. The minimum atomic E-state index is -4.16. The first kappa shape index (κ1) is 33.2. The summed E-state index contributed by atoms with van der Waals surface area (Å²) < 4.78 is 29.9. The fraction of sp³-hybridized carbons (Fsp3) is 0.235. The SMILES string of the molecule is CCCCNC(=O)[C@@H](Cc1ccccc1)N(Cc1ccc(Br)cc1)C(=O)CN(c1ccc(Cl)cc1)S(=O)(=O)c1ccccc1. The standard InChI is InChI=1S/C34H35BrClN3O4S/c1-2-3-22-37-34(41)32(23-26-10-6-4-7-11-26)38(24-27-14-16-28(35)17-15-27)33(40)25-39(30-20-18-29(36)19-21-30)44(42,43)31-12-8-5-9-13-31/h4-21,32H,2-3,22-25H2,1H3,(H,37,41)/t32-/m1/s1. The number of carbonyl (C=O) groups excluding carboxylic acids is 2. The summed E-state index contributed by atoms with van der Waals surface area (Å²) in [5, 5.41) is 3.43. The van der Waals surface area contributed by atoms with Crippen LogP contribution in [0.25, 0.3) is 0 Å². The quantitative estimate of drug-likeness (QED) is 0.146. The van der Waals surface area contributed by atoms with Gasteiger partial charge in [-0.15, -0.1) is 0 Å². The lowest BCUT2D eigenvalue weighted by molar-refractivity contribution is -0.140. The van der Waals surface area contributed by atoms with E-state index in [0.29, 0.717) is 11.6 Å². The lowest BCUT2D eigenvalue weighted by Gasteiger charge is -2.34. The molecule has 0 aliphatic carbocycles. The second kappa shape index (κ2) is 15.9. The Labute approximate surface area is 273 Å². The number of rotatable bonds is 14. The Hall–Kier alpha value is -3.66. The maximum atomic E-state index is 14.4. The molecule has 0 spiro atoms. The van der Waals surface area contributed by atoms with Crippen molar-refractivity contribution in [3.05, 3.63) is 130 Å². The van der Waals surface area contributed by atoms with Gasteiger partial charge in [-0.3, -0.25) is 13.9 Å². The van der Waals surface area contributed by atoms with Crippen molar-refractivity contribution in [3.8, 4) is 0 Å². The lowest BCUT2D eigenvalue weighted by Crippen LogP contribution is -2.53. The van der Waals surface area contributed by atoms with Crippen LogP contribution in [-0.4, -0.2) is 44.3 Å². The maximum absolute atomic E-state index is 14.4. The van der Waals surface area contributed by atoms with Crippen LogP contribution in [-0.2, 0) is 32.6 Å². The summed E-state index contributed by atoms with van der Waals surface area (Å²) in [5.74, 6) is -0.814. The number of hydrogen-bond acceptors (Lipinski definition) is 4. The first-order valence-electron chi connectivity index (χ1n) is 14.4. The van der Waals surface area contributed by atoms with E-state index in [0.717, 1.165) is 32.7 Å². The predicted molar refractivity (Wildman–Crippen MR) is 179 cm³/mol. The molecule has 1 atom stereocenters. The highest BCUT2D eigenvalue weighted by Crippen LogP contribution is 2.26. The van der Waals surface area contributed by atoms with Crippen molar-refractivity contribution in [2.24, 2.45) is 0 Å². The number of halogens is 2. The fourth-order valence-corrected chi connectivity index (χ4v) is 6.53. The predicted octanol–water partition coefficient (Wildman–Crippen LogP) is 6.85. The molecule has 4 rings (SSSR count). The Morgan fingerprint density at radius 2 is 1.45 bits per heavy atom. The summed E-state index contributed by atoms with van der Waals surface area (Å²) in [6.45, 7) is 2.09. The van der Waals surface area contributed by atoms with Crippen molar-refractivity contribution in [1.82, 2.24) is 10.2 Å². The number of carbonyl (C=O) groups is 2. The molecule has 10 heteroatoms. The summed E-state index contributed by atoms with van der Waals surface area (Å²) in [4.78, 5) is 29.7. The van der Waals surface area contributed by atoms with Crippen LogP contribution < -0.4 is 9.62 Å². The van der Waals surface area contributed by atoms with Gasteiger partial charge in [0.2, 0.25) is 11.8 Å². The number of hydrogen-bond donors (Lipinski definition) is 1. The number of nitrogens with one attached hydrogen (secondary N) is 1. The van der Waals surface area contributed by atoms with Crippen LogP contribution in [0, 0.1) is 0 Å². The third-order valence-electron chi connectivity index (χ3n) is 7.09. The molecule has 0 heterocycles. The summed E-state index contributed by atoms with van der Waals surface area (Å²) >= 11 is 9.57. The Balaban J connectivity index is 1.77. The monoisotopic (exact) mass is 695 g/mol. The molecule has 1 N–H and O–H groups in total. The van der Waals surface area contributed by atoms with E-state index >= 15 is 0 Å². The largest absolute Gasteiger partial charge is 0.354 e. The molecule has 4 aromatic carbocycles. The molecule has 230 valence electrons. The molecule has 0 radical (unpaired) electrons. The molecule has 0 aliphatic rings. The van der Waals surface area contributed by atoms with Crippen LogP contribution in [0.1, 0.15) is 30.9 Å². The molecular formula is C34H35BrClN3O4S. The van der Waals surface area contributed by atoms with E-state index in [4.69, 9.17) is 11.6 Å². The number of nitrogens with zero attached hydrogens (tertiary/aromatic N) is 2. The van der Waals surface area contributed by atoms with E-state index in [1.165, 1.54) is 17.0 Å². The Morgan fingerprint density at radius 1 is 0.841 bits per heavy atom. The van der Waals surface area contributed by atoms with E-state index in [1.54, 1.807) is 42.5 Å². The van der Waals surface area contributed by atoms with Crippen molar-refractivity contribution < 1.29 is 18.0 Å². The van der Waals surface area contributed by atoms with Gasteiger partial charge in [0.25, 0.3) is 10.0 Å². The van der Waals surface area contributed by atoms with Gasteiger partial charge >= 0.3 is 0 Å². The van der Waals surface area contributed by atoms with Gasteiger partial charge in [-0.1, -0.05) is 102 Å². The third kappa shape index (κ3) is 8.94. The lowest BCUT2D eigenvalue weighted by atomic mass is 10.0. The van der Waals surface area contributed by atoms with Gasteiger partial charge in [-0.05, 0) is 66.1 Å². The van der Waals surface area contributed by atoms with Gasteiger partial charge < -0.3 is 10.2 Å². The number of unbranched alkanes of at least 4 members (excludes halogenated alkanes) is 1. The van der Waals surface area contributed by atoms with Gasteiger partial charge in [-0.25, -0.2) is 8.42 Å². The molecule has 0 fully saturated rings. The Kier molecular flexibility index (Phi) is 12.0. The highest BCUT2D eigenvalue weighted by Gasteiger charge is 2.34. The average Bonchev–Trinajstić information content (AvgIpc) is 3.03. The molecule has 44 heavy (non-hydrogen) atoms. The maximum Gasteiger partial charge on any atom is 0.264 e. The molecule has 0 aliphatic heterocycles. The van der Waals surface area contributed by atoms with Crippen molar-refractivity contribution >= 4 is 55.1 Å². The van der Waals surface area contributed by atoms with Gasteiger partial charge in [0, 0.05) is 29.0 Å². The molecule has 2 amide bonds. The molecule has 7 nitrogen and oxygen atoms in total. The zero-order valence-electron chi connectivity index (χ0n) is 24.4. The average molecular weight is 697 g/mol. The van der Waals surface area contributed by atoms with Crippen LogP contribution in [0.5, 0.6) is 0 Å². The van der Waals surface area contributed by atoms with Gasteiger partial charge in [0.15, 0.2) is 0 Å². The zero-order valence-corrected chi connectivity index (χ0v) is 27.6. The van der Waals surface area contributed by atoms with Gasteiger partial charge in [0.1, 0.15) is 12.6 Å². The van der Waals surface area contributed by atoms with Crippen molar-refractivity contribution in [2.75, 3.05) is 17.4 Å². The highest BCUT2D eigenvalue weighted by atomic mass is 79.9. The first-order chi connectivity index (χ1) is 21.2. The molecule has 0 bridgehead atoms. The van der Waals surface area contributed by atoms with Crippen LogP contribution in [0.4, 0.5) is 5.69 Å². The van der Waals surface area contributed by atoms with Crippen LogP contribution >= 0.6 is 27.5 Å². The molecule has 0 saturated carbocycles. The Bertz CT molecular complexity index is 1620. The van der Waals surface area contributed by atoms with E-state index in [1.807, 2.05) is 61.5 Å². The highest BCUT2D eigenvalue weighted by molar-refractivity contribution is 9.10. The van der Waals surface area contributed by atoms with Crippen molar-refractivity contribution in [3.63, 3.8) is 0 Å². The van der Waals surface area contributed by atoms with Crippen LogP contribution in [0.15, 0.2) is 119 Å². The fourth-order valence-electron chi connectivity index (χ4n) is 4.70. The third-order valence-corrected chi connectivity index (χ3v) is 9.66. The minimum absolute atomic E-state index is 0.0420. The molecule has 4 aromatic rings. The van der Waals surface area contributed by atoms with Crippen LogP contribution in [0.2, 0.25) is 5.02 Å². The zero-order chi connectivity index (χ0) is 31.5. The summed E-state index contributed by atoms with van der Waals surface area (Å²) in [5.41, 5.74) is 1.95. The molecule has 0 unspecified atom stereocenters. The Morgan fingerprint density at radius 3 is 2.07 bits per heavy atom. The number of amides is 2. The smallest absolute Gasteiger partial charge is 0.264 e. The van der Waals surface area contributed by atoms with Crippen molar-refractivity contribution in [2.45, 2.75) is 43.7 Å². The molecular weight excluding hydrogens is 662 g/mol. The van der Waals surface area contributed by atoms with Gasteiger partial charge in [-0.2, -0.15) is 0 Å². The summed E-state index contributed by atoms with van der Waals surface area (Å²) in [6, 6.07) is 30.3. The number of benzene rings is 4. The normalized spacial score (nSPS) is 11.9. The van der Waals surface area contributed by atoms with Crippen molar-refractivity contribution in [1.29, 1.82) is 0 Å². The number of sulfonamides is 1. The summed E-state index contributed by atoms with van der Waals surface area (Å²) in [6.07, 6.45) is 1.95. The first-order valence-corrected chi connectivity index (χ1v) is 17.0. The van der Waals surface area contributed by atoms with E-state index in [9.17, 15) is 18.0 Å². The van der Waals surface area contributed by atoms with E-state index in [-0.39, 0.29) is 29.5 Å². The second-order valence-electron chi connectivity index (χ2n) is 10.3. The second-order valence-corrected chi connectivity index (χ2v) is 13.5. The van der Waals surface area contributed by atoms with E-state index < -0.39 is 28.5 Å². The van der Waals surface area contributed by atoms with Gasteiger partial charge in [0.05, 0.1) is 10.6 Å². The van der Waals surface area contributed by atoms with E-state index in [2.05, 4.69) is 21.2 Å². The topological polar surface area (TPSA) is 86.8 Å². The molecule has 0 saturated heterocycles. The number of anilines is 1. The van der Waals surface area contributed by atoms with Crippen LogP contribution in [0.3, 0.4) is 0 Å². The molecule has 0 aromatic heterocycles.